The number of hydrogen-bond donors (Lipinski definition) is 2. The van der Waals surface area contributed by atoms with Gasteiger partial charge < -0.3 is 10.8 Å². The molecule has 0 radical (unpaired) electrons. The third-order valence-corrected chi connectivity index (χ3v) is 2.29. The first kappa shape index (κ1) is 9.48. The van der Waals surface area contributed by atoms with Crippen molar-refractivity contribution in [1.29, 1.82) is 0 Å². The van der Waals surface area contributed by atoms with Gasteiger partial charge in [0.2, 0.25) is 0 Å². The molecule has 0 unspecified atom stereocenters. The van der Waals surface area contributed by atoms with Gasteiger partial charge in [-0.1, -0.05) is 0 Å². The summed E-state index contributed by atoms with van der Waals surface area (Å²) in [7, 11) is 0. The fourth-order valence-electron chi connectivity index (χ4n) is 0.940. The van der Waals surface area contributed by atoms with Crippen molar-refractivity contribution < 1.29 is 9.50 Å². The molecule has 66 valence electrons. The molecule has 1 aromatic rings. The number of benzene rings is 1. The van der Waals surface area contributed by atoms with Crippen LogP contribution in [0.25, 0.3) is 0 Å². The van der Waals surface area contributed by atoms with Crippen LogP contribution in [0, 0.1) is 5.82 Å². The van der Waals surface area contributed by atoms with E-state index in [0.29, 0.717) is 18.5 Å². The maximum Gasteiger partial charge on any atom is 0.141 e. The highest BCUT2D eigenvalue weighted by Gasteiger charge is 2.06. The highest BCUT2D eigenvalue weighted by atomic mass is 79.9. The molecule has 0 aliphatic carbocycles. The zero-order valence-corrected chi connectivity index (χ0v) is 7.94. The molecule has 12 heavy (non-hydrogen) atoms. The zero-order valence-electron chi connectivity index (χ0n) is 6.35. The van der Waals surface area contributed by atoms with E-state index in [2.05, 4.69) is 15.9 Å². The van der Waals surface area contributed by atoms with E-state index in [9.17, 15) is 9.50 Å². The molecule has 0 atom stereocenters. The second kappa shape index (κ2) is 3.87. The third-order valence-electron chi connectivity index (χ3n) is 1.50. The Morgan fingerprint density at radius 1 is 1.50 bits per heavy atom. The first-order valence-corrected chi connectivity index (χ1v) is 4.31. The van der Waals surface area contributed by atoms with Crippen LogP contribution in [0.1, 0.15) is 5.56 Å². The lowest BCUT2D eigenvalue weighted by Gasteiger charge is -2.02. The third kappa shape index (κ3) is 1.95. The predicted molar refractivity (Wildman–Crippen MR) is 48.5 cm³/mol. The molecule has 0 fully saturated rings. The van der Waals surface area contributed by atoms with Gasteiger partial charge in [-0.25, -0.2) is 4.39 Å². The van der Waals surface area contributed by atoms with Gasteiger partial charge in [0, 0.05) is 0 Å². The Hall–Kier alpha value is -0.610. The molecule has 0 amide bonds. The Bertz CT molecular complexity index is 267. The maximum atomic E-state index is 12.9. The second-order valence-corrected chi connectivity index (χ2v) is 3.24. The van der Waals surface area contributed by atoms with Crippen LogP contribution in [0.5, 0.6) is 5.75 Å². The Morgan fingerprint density at radius 3 is 2.67 bits per heavy atom. The molecule has 0 aliphatic heterocycles. The standard InChI is InChI=1S/C8H9BrFNO/c9-8-6(10)3-5(1-2-11)4-7(8)12/h3-4,12H,1-2,11H2. The molecule has 0 heterocycles. The Morgan fingerprint density at radius 2 is 2.17 bits per heavy atom. The number of rotatable bonds is 2. The Labute approximate surface area is 78.3 Å². The number of phenols is 1. The maximum absolute atomic E-state index is 12.9. The minimum absolute atomic E-state index is 0.0848. The summed E-state index contributed by atoms with van der Waals surface area (Å²) in [5, 5.41) is 9.18. The van der Waals surface area contributed by atoms with Crippen molar-refractivity contribution >= 4 is 15.9 Å². The number of hydrogen-bond acceptors (Lipinski definition) is 2. The zero-order chi connectivity index (χ0) is 9.14. The summed E-state index contributed by atoms with van der Waals surface area (Å²) in [5.41, 5.74) is 5.99. The normalized spacial score (nSPS) is 10.2. The SMILES string of the molecule is NCCc1cc(O)c(Br)c(F)c1. The highest BCUT2D eigenvalue weighted by molar-refractivity contribution is 9.10. The van der Waals surface area contributed by atoms with Crippen molar-refractivity contribution in [3.05, 3.63) is 28.0 Å². The largest absolute Gasteiger partial charge is 0.507 e. The van der Waals surface area contributed by atoms with Crippen LogP contribution in [0.2, 0.25) is 0 Å². The summed E-state index contributed by atoms with van der Waals surface area (Å²) >= 11 is 2.91. The van der Waals surface area contributed by atoms with E-state index >= 15 is 0 Å². The molecule has 0 bridgehead atoms. The summed E-state index contributed by atoms with van der Waals surface area (Å²) in [6, 6.07) is 2.86. The Kier molecular flexibility index (Phi) is 3.05. The van der Waals surface area contributed by atoms with Crippen molar-refractivity contribution in [3.63, 3.8) is 0 Å². The first-order chi connectivity index (χ1) is 5.65. The lowest BCUT2D eigenvalue weighted by molar-refractivity contribution is 0.463. The molecule has 2 nitrogen and oxygen atoms in total. The van der Waals surface area contributed by atoms with Crippen molar-refractivity contribution in [3.8, 4) is 5.75 Å². The molecule has 1 rings (SSSR count). The van der Waals surface area contributed by atoms with Crippen LogP contribution in [0.4, 0.5) is 4.39 Å². The van der Waals surface area contributed by atoms with Crippen LogP contribution >= 0.6 is 15.9 Å². The molecular formula is C8H9BrFNO. The van der Waals surface area contributed by atoms with Crippen molar-refractivity contribution in [2.75, 3.05) is 6.54 Å². The van der Waals surface area contributed by atoms with Gasteiger partial charge in [0.05, 0.1) is 4.47 Å². The molecule has 0 spiro atoms. The van der Waals surface area contributed by atoms with Gasteiger partial charge in [-0.15, -0.1) is 0 Å². The van der Waals surface area contributed by atoms with Crippen LogP contribution in [-0.4, -0.2) is 11.7 Å². The van der Waals surface area contributed by atoms with Gasteiger partial charge in [0.25, 0.3) is 0 Å². The number of aromatic hydroxyl groups is 1. The lowest BCUT2D eigenvalue weighted by Crippen LogP contribution is -2.02. The van der Waals surface area contributed by atoms with E-state index in [-0.39, 0.29) is 10.2 Å². The average Bonchev–Trinajstić information content (AvgIpc) is 2.01. The number of phenolic OH excluding ortho intramolecular Hbond substituents is 1. The van der Waals surface area contributed by atoms with Gasteiger partial charge in [-0.05, 0) is 46.6 Å². The van der Waals surface area contributed by atoms with E-state index < -0.39 is 5.82 Å². The van der Waals surface area contributed by atoms with Gasteiger partial charge in [-0.3, -0.25) is 0 Å². The first-order valence-electron chi connectivity index (χ1n) is 3.52. The summed E-state index contributed by atoms with van der Waals surface area (Å²) in [6.07, 6.45) is 0.567. The molecule has 0 saturated heterocycles. The number of nitrogens with two attached hydrogens (primary N) is 1. The quantitative estimate of drug-likeness (QED) is 0.819. The lowest BCUT2D eigenvalue weighted by atomic mass is 10.1. The van der Waals surface area contributed by atoms with Crippen molar-refractivity contribution in [2.24, 2.45) is 5.73 Å². The second-order valence-electron chi connectivity index (χ2n) is 2.45. The van der Waals surface area contributed by atoms with E-state index in [4.69, 9.17) is 5.73 Å². The van der Waals surface area contributed by atoms with Crippen LogP contribution < -0.4 is 5.73 Å². The van der Waals surface area contributed by atoms with E-state index in [1.807, 2.05) is 0 Å². The van der Waals surface area contributed by atoms with E-state index in [0.717, 1.165) is 0 Å². The topological polar surface area (TPSA) is 46.2 Å². The smallest absolute Gasteiger partial charge is 0.141 e. The van der Waals surface area contributed by atoms with Gasteiger partial charge in [-0.2, -0.15) is 0 Å². The molecule has 1 aromatic carbocycles. The molecule has 3 N–H and O–H groups in total. The highest BCUT2D eigenvalue weighted by Crippen LogP contribution is 2.27. The minimum atomic E-state index is -0.460. The van der Waals surface area contributed by atoms with Crippen LogP contribution in [-0.2, 0) is 6.42 Å². The van der Waals surface area contributed by atoms with Gasteiger partial charge in [0.15, 0.2) is 0 Å². The van der Waals surface area contributed by atoms with Gasteiger partial charge in [0.1, 0.15) is 11.6 Å². The predicted octanol–water partition coefficient (Wildman–Crippen LogP) is 1.79. The molecule has 0 aliphatic rings. The average molecular weight is 234 g/mol. The van der Waals surface area contributed by atoms with E-state index in [1.165, 1.54) is 12.1 Å². The Balaban J connectivity index is 3.04. The molecular weight excluding hydrogens is 225 g/mol. The molecule has 4 heteroatoms. The number of halogens is 2. The summed E-state index contributed by atoms with van der Waals surface area (Å²) < 4.78 is 13.0. The van der Waals surface area contributed by atoms with Gasteiger partial charge >= 0.3 is 0 Å². The summed E-state index contributed by atoms with van der Waals surface area (Å²) in [5.74, 6) is -0.545. The fraction of sp³-hybridized carbons (Fsp3) is 0.250. The van der Waals surface area contributed by atoms with Crippen molar-refractivity contribution in [1.82, 2.24) is 0 Å². The summed E-state index contributed by atoms with van der Waals surface area (Å²) in [4.78, 5) is 0. The van der Waals surface area contributed by atoms with Crippen LogP contribution in [0.3, 0.4) is 0 Å². The van der Waals surface area contributed by atoms with Crippen molar-refractivity contribution in [2.45, 2.75) is 6.42 Å². The van der Waals surface area contributed by atoms with E-state index in [1.54, 1.807) is 0 Å². The monoisotopic (exact) mass is 233 g/mol. The summed E-state index contributed by atoms with van der Waals surface area (Å²) in [6.45, 7) is 0.445. The fourth-order valence-corrected chi connectivity index (χ4v) is 1.17. The van der Waals surface area contributed by atoms with Crippen LogP contribution in [0.15, 0.2) is 16.6 Å². The minimum Gasteiger partial charge on any atom is -0.507 e. The molecule has 0 saturated carbocycles. The molecule has 0 aromatic heterocycles.